The number of benzene rings is 1. The number of ether oxygens (including phenoxy) is 2. The Labute approximate surface area is 98.3 Å². The monoisotopic (exact) mass is 248 g/mol. The molecule has 0 N–H and O–H groups in total. The van der Waals surface area contributed by atoms with Crippen LogP contribution in [0, 0.1) is 24.4 Å². The minimum atomic E-state index is -1.22. The Kier molecular flexibility index (Phi) is 4.40. The average molecular weight is 248 g/mol. The zero-order valence-corrected chi connectivity index (χ0v) is 10.2. The summed E-state index contributed by atoms with van der Waals surface area (Å²) in [5.74, 6) is -3.53. The van der Waals surface area contributed by atoms with Crippen molar-refractivity contribution in [2.45, 2.75) is 33.5 Å². The quantitative estimate of drug-likeness (QED) is 0.761. The third kappa shape index (κ3) is 2.72. The maximum atomic E-state index is 13.8. The molecule has 0 saturated heterocycles. The highest BCUT2D eigenvalue weighted by atomic mass is 19.2. The van der Waals surface area contributed by atoms with Gasteiger partial charge in [-0.15, -0.1) is 0 Å². The van der Waals surface area contributed by atoms with Crippen LogP contribution in [0.4, 0.5) is 13.2 Å². The number of halogens is 3. The van der Waals surface area contributed by atoms with Gasteiger partial charge in [0.05, 0.1) is 25.4 Å². The van der Waals surface area contributed by atoms with Crippen LogP contribution in [-0.2, 0) is 11.3 Å². The molecular weight excluding hydrogens is 233 g/mol. The van der Waals surface area contributed by atoms with E-state index in [0.717, 1.165) is 0 Å². The predicted molar refractivity (Wildman–Crippen MR) is 57.5 cm³/mol. The van der Waals surface area contributed by atoms with E-state index in [2.05, 4.69) is 0 Å². The van der Waals surface area contributed by atoms with Crippen LogP contribution in [0.15, 0.2) is 0 Å². The molecule has 0 atom stereocenters. The second-order valence-electron chi connectivity index (χ2n) is 3.94. The number of rotatable bonds is 4. The van der Waals surface area contributed by atoms with E-state index in [1.807, 2.05) is 0 Å². The third-order valence-corrected chi connectivity index (χ3v) is 2.36. The molecule has 0 radical (unpaired) electrons. The molecule has 1 aromatic rings. The molecule has 17 heavy (non-hydrogen) atoms. The second-order valence-corrected chi connectivity index (χ2v) is 3.94. The number of methoxy groups -OCH3 is 1. The highest BCUT2D eigenvalue weighted by Crippen LogP contribution is 2.31. The van der Waals surface area contributed by atoms with E-state index in [9.17, 15) is 13.2 Å². The molecule has 1 aromatic carbocycles. The first-order chi connectivity index (χ1) is 7.90. The molecule has 0 spiro atoms. The Bertz CT molecular complexity index is 417. The van der Waals surface area contributed by atoms with E-state index in [-0.39, 0.29) is 24.0 Å². The summed E-state index contributed by atoms with van der Waals surface area (Å²) in [6, 6.07) is 0. The molecule has 0 unspecified atom stereocenters. The van der Waals surface area contributed by atoms with Crippen molar-refractivity contribution >= 4 is 0 Å². The van der Waals surface area contributed by atoms with Gasteiger partial charge in [-0.25, -0.2) is 13.2 Å². The van der Waals surface area contributed by atoms with Gasteiger partial charge < -0.3 is 9.47 Å². The molecule has 2 nitrogen and oxygen atoms in total. The van der Waals surface area contributed by atoms with Gasteiger partial charge in [-0.1, -0.05) is 0 Å². The van der Waals surface area contributed by atoms with Crippen LogP contribution in [0.3, 0.4) is 0 Å². The van der Waals surface area contributed by atoms with Crippen molar-refractivity contribution in [2.24, 2.45) is 0 Å². The largest absolute Gasteiger partial charge is 0.493 e. The van der Waals surface area contributed by atoms with Gasteiger partial charge in [-0.3, -0.25) is 0 Å². The molecular formula is C12H15F3O2. The first-order valence-corrected chi connectivity index (χ1v) is 5.21. The van der Waals surface area contributed by atoms with Crippen LogP contribution in [0.25, 0.3) is 0 Å². The molecule has 0 heterocycles. The molecule has 0 aliphatic heterocycles. The lowest BCUT2D eigenvalue weighted by Crippen LogP contribution is -2.10. The molecule has 0 aliphatic carbocycles. The lowest BCUT2D eigenvalue weighted by atomic mass is 10.1. The van der Waals surface area contributed by atoms with Gasteiger partial charge in [0.2, 0.25) is 0 Å². The Morgan fingerprint density at radius 3 is 2.12 bits per heavy atom. The van der Waals surface area contributed by atoms with Crippen LogP contribution in [-0.4, -0.2) is 13.2 Å². The zero-order chi connectivity index (χ0) is 13.2. The Morgan fingerprint density at radius 1 is 1.06 bits per heavy atom. The van der Waals surface area contributed by atoms with Crippen molar-refractivity contribution < 1.29 is 22.6 Å². The van der Waals surface area contributed by atoms with Crippen molar-refractivity contribution in [3.05, 3.63) is 28.6 Å². The maximum absolute atomic E-state index is 13.8. The highest BCUT2D eigenvalue weighted by Gasteiger charge is 2.23. The zero-order valence-electron chi connectivity index (χ0n) is 10.2. The molecule has 1 rings (SSSR count). The molecule has 0 bridgehead atoms. The highest BCUT2D eigenvalue weighted by molar-refractivity contribution is 5.40. The van der Waals surface area contributed by atoms with Crippen molar-refractivity contribution in [1.29, 1.82) is 0 Å². The Hall–Kier alpha value is -1.23. The van der Waals surface area contributed by atoms with E-state index in [0.29, 0.717) is 0 Å². The van der Waals surface area contributed by atoms with Crippen LogP contribution in [0.1, 0.15) is 25.0 Å². The Morgan fingerprint density at radius 2 is 1.65 bits per heavy atom. The van der Waals surface area contributed by atoms with Crippen molar-refractivity contribution in [3.63, 3.8) is 0 Å². The minimum Gasteiger partial charge on any atom is -0.493 e. The van der Waals surface area contributed by atoms with Crippen molar-refractivity contribution in [3.8, 4) is 5.75 Å². The normalized spacial score (nSPS) is 11.1. The van der Waals surface area contributed by atoms with Crippen LogP contribution < -0.4 is 4.74 Å². The first-order valence-electron chi connectivity index (χ1n) is 5.21. The summed E-state index contributed by atoms with van der Waals surface area (Å²) in [7, 11) is 1.20. The van der Waals surface area contributed by atoms with Gasteiger partial charge in [0.25, 0.3) is 0 Å². The van der Waals surface area contributed by atoms with Gasteiger partial charge >= 0.3 is 0 Å². The first kappa shape index (κ1) is 13.8. The van der Waals surface area contributed by atoms with Gasteiger partial charge in [-0.2, -0.15) is 0 Å². The number of hydrogen-bond acceptors (Lipinski definition) is 2. The van der Waals surface area contributed by atoms with E-state index in [1.54, 1.807) is 13.8 Å². The van der Waals surface area contributed by atoms with E-state index < -0.39 is 23.0 Å². The molecule has 0 saturated carbocycles. The molecule has 0 amide bonds. The summed E-state index contributed by atoms with van der Waals surface area (Å²) in [6.45, 7) is 4.37. The fourth-order valence-electron chi connectivity index (χ4n) is 1.41. The van der Waals surface area contributed by atoms with Crippen molar-refractivity contribution in [2.75, 3.05) is 7.11 Å². The van der Waals surface area contributed by atoms with E-state index in [4.69, 9.17) is 9.47 Å². The lowest BCUT2D eigenvalue weighted by Gasteiger charge is -2.14. The molecule has 0 fully saturated rings. The lowest BCUT2D eigenvalue weighted by molar-refractivity contribution is 0.0612. The van der Waals surface area contributed by atoms with Gasteiger partial charge in [-0.05, 0) is 20.8 Å². The van der Waals surface area contributed by atoms with Gasteiger partial charge in [0, 0.05) is 5.56 Å². The van der Waals surface area contributed by atoms with Crippen LogP contribution >= 0.6 is 0 Å². The number of hydrogen-bond donors (Lipinski definition) is 0. The topological polar surface area (TPSA) is 18.5 Å². The standard InChI is InChI=1S/C12H15F3O2/c1-6(2)17-5-8-10(14)9(13)7(3)12(16-4)11(8)15/h6H,5H2,1-4H3. The summed E-state index contributed by atoms with van der Waals surface area (Å²) in [4.78, 5) is 0. The molecule has 0 aliphatic rings. The second kappa shape index (κ2) is 5.40. The van der Waals surface area contributed by atoms with E-state index in [1.165, 1.54) is 14.0 Å². The maximum Gasteiger partial charge on any atom is 0.173 e. The fourth-order valence-corrected chi connectivity index (χ4v) is 1.41. The van der Waals surface area contributed by atoms with Gasteiger partial charge in [0.15, 0.2) is 23.2 Å². The average Bonchev–Trinajstić information content (AvgIpc) is 2.26. The van der Waals surface area contributed by atoms with Gasteiger partial charge in [0.1, 0.15) is 0 Å². The summed E-state index contributed by atoms with van der Waals surface area (Å²) < 4.78 is 50.6. The third-order valence-electron chi connectivity index (χ3n) is 2.36. The summed E-state index contributed by atoms with van der Waals surface area (Å²) in [5.41, 5.74) is -0.630. The summed E-state index contributed by atoms with van der Waals surface area (Å²) >= 11 is 0. The van der Waals surface area contributed by atoms with E-state index >= 15 is 0 Å². The molecule has 5 heteroatoms. The predicted octanol–water partition coefficient (Wildman–Crippen LogP) is 3.35. The minimum absolute atomic E-state index is 0.184. The van der Waals surface area contributed by atoms with Crippen molar-refractivity contribution in [1.82, 2.24) is 0 Å². The van der Waals surface area contributed by atoms with Crippen LogP contribution in [0.5, 0.6) is 5.75 Å². The smallest absolute Gasteiger partial charge is 0.173 e. The Balaban J connectivity index is 3.24. The summed E-state index contributed by atoms with van der Waals surface area (Å²) in [6.07, 6.45) is -0.204. The fraction of sp³-hybridized carbons (Fsp3) is 0.500. The van der Waals surface area contributed by atoms with Crippen LogP contribution in [0.2, 0.25) is 0 Å². The molecule has 0 aromatic heterocycles. The summed E-state index contributed by atoms with van der Waals surface area (Å²) in [5, 5.41) is 0. The SMILES string of the molecule is COc1c(C)c(F)c(F)c(COC(C)C)c1F. The molecule has 96 valence electrons.